The van der Waals surface area contributed by atoms with Gasteiger partial charge >= 0.3 is 0 Å². The number of amides is 1. The summed E-state index contributed by atoms with van der Waals surface area (Å²) in [6.45, 7) is 4.87. The SMILES string of the molecule is CCOc1ccc(OCC)c(C(=O)NC)c1. The molecule has 0 aliphatic carbocycles. The van der Waals surface area contributed by atoms with Crippen molar-refractivity contribution in [1.29, 1.82) is 0 Å². The average Bonchev–Trinajstić information content (AvgIpc) is 2.31. The van der Waals surface area contributed by atoms with Gasteiger partial charge in [-0.25, -0.2) is 0 Å². The minimum atomic E-state index is -0.176. The molecule has 0 fully saturated rings. The van der Waals surface area contributed by atoms with Gasteiger partial charge in [-0.2, -0.15) is 0 Å². The number of nitrogens with one attached hydrogen (secondary N) is 1. The molecule has 0 heterocycles. The fourth-order valence-corrected chi connectivity index (χ4v) is 1.36. The molecule has 0 aliphatic heterocycles. The predicted molar refractivity (Wildman–Crippen MR) is 62.2 cm³/mol. The molecule has 0 aliphatic rings. The van der Waals surface area contributed by atoms with Gasteiger partial charge in [0.1, 0.15) is 11.5 Å². The maximum atomic E-state index is 11.6. The Bertz CT molecular complexity index is 363. The van der Waals surface area contributed by atoms with Crippen molar-refractivity contribution < 1.29 is 14.3 Å². The molecular weight excluding hydrogens is 206 g/mol. The van der Waals surface area contributed by atoms with Crippen molar-refractivity contribution in [3.05, 3.63) is 23.8 Å². The fourth-order valence-electron chi connectivity index (χ4n) is 1.36. The van der Waals surface area contributed by atoms with E-state index in [-0.39, 0.29) is 5.91 Å². The van der Waals surface area contributed by atoms with Crippen LogP contribution in [0.3, 0.4) is 0 Å². The topological polar surface area (TPSA) is 47.6 Å². The van der Waals surface area contributed by atoms with E-state index in [1.54, 1.807) is 25.2 Å². The molecule has 0 bridgehead atoms. The van der Waals surface area contributed by atoms with Crippen molar-refractivity contribution >= 4 is 5.91 Å². The van der Waals surface area contributed by atoms with E-state index in [9.17, 15) is 4.79 Å². The molecule has 88 valence electrons. The molecule has 0 unspecified atom stereocenters. The number of hydrogen-bond donors (Lipinski definition) is 1. The zero-order chi connectivity index (χ0) is 12.0. The highest BCUT2D eigenvalue weighted by molar-refractivity contribution is 5.97. The van der Waals surface area contributed by atoms with Crippen molar-refractivity contribution in [1.82, 2.24) is 5.32 Å². The third kappa shape index (κ3) is 2.89. The largest absolute Gasteiger partial charge is 0.494 e. The molecule has 0 saturated heterocycles. The van der Waals surface area contributed by atoms with E-state index in [0.717, 1.165) is 0 Å². The number of rotatable bonds is 5. The molecule has 0 aromatic heterocycles. The maximum Gasteiger partial charge on any atom is 0.254 e. The molecular formula is C12H17NO3. The Morgan fingerprint density at radius 2 is 1.94 bits per heavy atom. The first kappa shape index (κ1) is 12.4. The van der Waals surface area contributed by atoms with Crippen LogP contribution in [0.2, 0.25) is 0 Å². The van der Waals surface area contributed by atoms with Crippen LogP contribution in [0.5, 0.6) is 11.5 Å². The van der Waals surface area contributed by atoms with Crippen LogP contribution in [0.4, 0.5) is 0 Å². The van der Waals surface area contributed by atoms with Crippen LogP contribution >= 0.6 is 0 Å². The number of hydrogen-bond acceptors (Lipinski definition) is 3. The van der Waals surface area contributed by atoms with Gasteiger partial charge in [0.25, 0.3) is 5.91 Å². The summed E-state index contributed by atoms with van der Waals surface area (Å²) in [6, 6.07) is 5.23. The highest BCUT2D eigenvalue weighted by Gasteiger charge is 2.12. The lowest BCUT2D eigenvalue weighted by molar-refractivity contribution is 0.0959. The number of benzene rings is 1. The summed E-state index contributed by atoms with van der Waals surface area (Å²) in [5.41, 5.74) is 0.496. The molecule has 1 N–H and O–H groups in total. The third-order valence-electron chi connectivity index (χ3n) is 2.03. The fraction of sp³-hybridized carbons (Fsp3) is 0.417. The second-order valence-corrected chi connectivity index (χ2v) is 3.10. The second kappa shape index (κ2) is 6.00. The van der Waals surface area contributed by atoms with Gasteiger partial charge < -0.3 is 14.8 Å². The first-order chi connectivity index (χ1) is 7.72. The highest BCUT2D eigenvalue weighted by Crippen LogP contribution is 2.24. The lowest BCUT2D eigenvalue weighted by Crippen LogP contribution is -2.19. The van der Waals surface area contributed by atoms with E-state index in [1.807, 2.05) is 13.8 Å². The molecule has 1 amide bonds. The van der Waals surface area contributed by atoms with E-state index in [4.69, 9.17) is 9.47 Å². The predicted octanol–water partition coefficient (Wildman–Crippen LogP) is 1.84. The van der Waals surface area contributed by atoms with Crippen LogP contribution in [0.1, 0.15) is 24.2 Å². The molecule has 1 aromatic carbocycles. The van der Waals surface area contributed by atoms with Crippen LogP contribution in [0.15, 0.2) is 18.2 Å². The minimum absolute atomic E-state index is 0.176. The quantitative estimate of drug-likeness (QED) is 0.828. The first-order valence-electron chi connectivity index (χ1n) is 5.34. The monoisotopic (exact) mass is 223 g/mol. The van der Waals surface area contributed by atoms with Gasteiger partial charge in [-0.3, -0.25) is 4.79 Å². The van der Waals surface area contributed by atoms with E-state index >= 15 is 0 Å². The lowest BCUT2D eigenvalue weighted by atomic mass is 10.1. The van der Waals surface area contributed by atoms with Crippen LogP contribution in [0, 0.1) is 0 Å². The Morgan fingerprint density at radius 1 is 1.25 bits per heavy atom. The van der Waals surface area contributed by atoms with Crippen LogP contribution in [0.25, 0.3) is 0 Å². The molecule has 0 radical (unpaired) electrons. The summed E-state index contributed by atoms with van der Waals surface area (Å²) in [4.78, 5) is 11.6. The second-order valence-electron chi connectivity index (χ2n) is 3.10. The highest BCUT2D eigenvalue weighted by atomic mass is 16.5. The molecule has 4 nitrogen and oxygen atoms in total. The number of carbonyl (C=O) groups is 1. The molecule has 4 heteroatoms. The summed E-state index contributed by atoms with van der Waals surface area (Å²) >= 11 is 0. The molecule has 0 spiro atoms. The molecule has 0 saturated carbocycles. The van der Waals surface area contributed by atoms with Crippen molar-refractivity contribution in [2.75, 3.05) is 20.3 Å². The zero-order valence-electron chi connectivity index (χ0n) is 9.87. The summed E-state index contributed by atoms with van der Waals surface area (Å²) in [7, 11) is 1.59. The molecule has 16 heavy (non-hydrogen) atoms. The van der Waals surface area contributed by atoms with Crippen molar-refractivity contribution in [2.24, 2.45) is 0 Å². The lowest BCUT2D eigenvalue weighted by Gasteiger charge is -2.11. The van der Waals surface area contributed by atoms with Gasteiger partial charge in [0.15, 0.2) is 0 Å². The molecule has 0 atom stereocenters. The Morgan fingerprint density at radius 3 is 2.50 bits per heavy atom. The standard InChI is InChI=1S/C12H17NO3/c1-4-15-9-6-7-11(16-5-2)10(8-9)12(14)13-3/h6-8H,4-5H2,1-3H3,(H,13,14). The van der Waals surface area contributed by atoms with Gasteiger partial charge in [-0.1, -0.05) is 0 Å². The van der Waals surface area contributed by atoms with E-state index in [1.165, 1.54) is 0 Å². The Kier molecular flexibility index (Phi) is 4.64. The summed E-state index contributed by atoms with van der Waals surface area (Å²) in [5, 5.41) is 2.57. The van der Waals surface area contributed by atoms with Gasteiger partial charge in [-0.05, 0) is 32.0 Å². The summed E-state index contributed by atoms with van der Waals surface area (Å²) in [5.74, 6) is 1.07. The van der Waals surface area contributed by atoms with Crippen LogP contribution < -0.4 is 14.8 Å². The Hall–Kier alpha value is -1.71. The van der Waals surface area contributed by atoms with E-state index < -0.39 is 0 Å². The van der Waals surface area contributed by atoms with Gasteiger partial charge in [-0.15, -0.1) is 0 Å². The average molecular weight is 223 g/mol. The Balaban J connectivity index is 3.05. The number of ether oxygens (including phenoxy) is 2. The van der Waals surface area contributed by atoms with Crippen LogP contribution in [-0.4, -0.2) is 26.2 Å². The summed E-state index contributed by atoms with van der Waals surface area (Å²) < 4.78 is 10.7. The zero-order valence-corrected chi connectivity index (χ0v) is 9.87. The van der Waals surface area contributed by atoms with Crippen molar-refractivity contribution in [3.63, 3.8) is 0 Å². The van der Waals surface area contributed by atoms with Crippen molar-refractivity contribution in [2.45, 2.75) is 13.8 Å². The van der Waals surface area contributed by atoms with Gasteiger partial charge in [0, 0.05) is 7.05 Å². The maximum absolute atomic E-state index is 11.6. The minimum Gasteiger partial charge on any atom is -0.494 e. The molecule has 1 aromatic rings. The van der Waals surface area contributed by atoms with Crippen molar-refractivity contribution in [3.8, 4) is 11.5 Å². The summed E-state index contributed by atoms with van der Waals surface area (Å²) in [6.07, 6.45) is 0. The third-order valence-corrected chi connectivity index (χ3v) is 2.03. The van der Waals surface area contributed by atoms with Gasteiger partial charge in [0.2, 0.25) is 0 Å². The van der Waals surface area contributed by atoms with Crippen LogP contribution in [-0.2, 0) is 0 Å². The smallest absolute Gasteiger partial charge is 0.254 e. The number of carbonyl (C=O) groups excluding carboxylic acids is 1. The normalized spacial score (nSPS) is 9.69. The van der Waals surface area contributed by atoms with Gasteiger partial charge in [0.05, 0.1) is 18.8 Å². The molecule has 1 rings (SSSR count). The first-order valence-corrected chi connectivity index (χ1v) is 5.34. The van der Waals surface area contributed by atoms with E-state index in [0.29, 0.717) is 30.3 Å². The Labute approximate surface area is 95.6 Å². The van der Waals surface area contributed by atoms with E-state index in [2.05, 4.69) is 5.32 Å².